The summed E-state index contributed by atoms with van der Waals surface area (Å²) in [7, 11) is 0. The lowest BCUT2D eigenvalue weighted by Gasteiger charge is -2.26. The van der Waals surface area contributed by atoms with Crippen molar-refractivity contribution in [2.24, 2.45) is 0 Å². The molecule has 9 heteroatoms. The standard InChI is InChI=1S/C25H35ClN4O4/c1-3-5-6-7-8-9-10-11-12-13-21(32)33-17-25(4-2)19(31)16-20(34-25)30-15-14-18-22(27)28-24(26)29-23(18)30/h2,14-15,19-20,31H,3,5-13,16-17H2,1H3,(H2,27,28,29)/t19-,20+,25+/m0/s1. The van der Waals surface area contributed by atoms with Crippen molar-refractivity contribution in [2.75, 3.05) is 12.3 Å². The van der Waals surface area contributed by atoms with Gasteiger partial charge in [-0.1, -0.05) is 64.2 Å². The van der Waals surface area contributed by atoms with Crippen molar-refractivity contribution in [2.45, 2.75) is 95.5 Å². The number of nitrogen functional groups attached to an aromatic ring is 1. The van der Waals surface area contributed by atoms with E-state index in [1.54, 1.807) is 16.8 Å². The Morgan fingerprint density at radius 1 is 1.29 bits per heavy atom. The zero-order chi connectivity index (χ0) is 24.6. The summed E-state index contributed by atoms with van der Waals surface area (Å²) in [5.74, 6) is 2.42. The van der Waals surface area contributed by atoms with Crippen molar-refractivity contribution < 1.29 is 19.4 Å². The third kappa shape index (κ3) is 6.41. The van der Waals surface area contributed by atoms with Crippen molar-refractivity contribution in [3.63, 3.8) is 0 Å². The number of nitrogens with two attached hydrogens (primary N) is 1. The number of terminal acetylenes is 1. The molecular weight excluding hydrogens is 456 g/mol. The molecule has 0 spiro atoms. The normalized spacial score (nSPS) is 22.2. The molecule has 8 nitrogen and oxygen atoms in total. The van der Waals surface area contributed by atoms with Crippen LogP contribution in [0.1, 0.15) is 83.8 Å². The highest BCUT2D eigenvalue weighted by molar-refractivity contribution is 6.28. The summed E-state index contributed by atoms with van der Waals surface area (Å²) >= 11 is 5.96. The van der Waals surface area contributed by atoms with Crippen LogP contribution < -0.4 is 5.73 Å². The molecule has 3 N–H and O–H groups in total. The Morgan fingerprint density at radius 3 is 2.65 bits per heavy atom. The van der Waals surface area contributed by atoms with Gasteiger partial charge < -0.3 is 24.9 Å². The molecule has 186 valence electrons. The van der Waals surface area contributed by atoms with Gasteiger partial charge in [-0.2, -0.15) is 4.98 Å². The van der Waals surface area contributed by atoms with Crippen molar-refractivity contribution in [3.8, 4) is 12.3 Å². The molecule has 1 aliphatic heterocycles. The minimum absolute atomic E-state index is 0.0112. The number of unbranched alkanes of at least 4 members (excludes halogenated alkanes) is 8. The third-order valence-electron chi connectivity index (χ3n) is 6.37. The number of esters is 1. The Bertz CT molecular complexity index is 1000. The topological polar surface area (TPSA) is 112 Å². The van der Waals surface area contributed by atoms with Crippen molar-refractivity contribution in [1.82, 2.24) is 14.5 Å². The number of aliphatic hydroxyl groups is 1. The van der Waals surface area contributed by atoms with Crippen LogP contribution in [0, 0.1) is 12.3 Å². The molecule has 2 aromatic heterocycles. The van der Waals surface area contributed by atoms with Gasteiger partial charge in [0.1, 0.15) is 30.4 Å². The zero-order valence-corrected chi connectivity index (χ0v) is 20.6. The fourth-order valence-corrected chi connectivity index (χ4v) is 4.50. The van der Waals surface area contributed by atoms with E-state index in [1.165, 1.54) is 38.5 Å². The molecule has 0 aromatic carbocycles. The third-order valence-corrected chi connectivity index (χ3v) is 6.54. The van der Waals surface area contributed by atoms with Gasteiger partial charge in [0.2, 0.25) is 5.28 Å². The molecular formula is C25H35ClN4O4. The molecule has 3 rings (SSSR count). The molecule has 0 bridgehead atoms. The van der Waals surface area contributed by atoms with Gasteiger partial charge in [0.05, 0.1) is 5.39 Å². The average molecular weight is 491 g/mol. The minimum atomic E-state index is -1.43. The van der Waals surface area contributed by atoms with Gasteiger partial charge >= 0.3 is 5.97 Å². The first kappa shape index (κ1) is 26.3. The number of anilines is 1. The second-order valence-corrected chi connectivity index (χ2v) is 9.27. The van der Waals surface area contributed by atoms with Crippen LogP contribution in [-0.2, 0) is 14.3 Å². The molecule has 3 heterocycles. The predicted octanol–water partition coefficient (Wildman–Crippen LogP) is 4.78. The van der Waals surface area contributed by atoms with Crippen LogP contribution in [0.2, 0.25) is 5.28 Å². The fraction of sp³-hybridized carbons (Fsp3) is 0.640. The summed E-state index contributed by atoms with van der Waals surface area (Å²) in [6.45, 7) is 2.00. The van der Waals surface area contributed by atoms with E-state index in [2.05, 4.69) is 22.8 Å². The van der Waals surface area contributed by atoms with E-state index in [-0.39, 0.29) is 30.1 Å². The maximum absolute atomic E-state index is 12.3. The van der Waals surface area contributed by atoms with E-state index in [1.807, 2.05) is 0 Å². The van der Waals surface area contributed by atoms with Gasteiger partial charge in [-0.05, 0) is 24.1 Å². The van der Waals surface area contributed by atoms with E-state index in [0.29, 0.717) is 17.5 Å². The molecule has 34 heavy (non-hydrogen) atoms. The Labute approximate surface area is 206 Å². The number of hydrogen-bond acceptors (Lipinski definition) is 7. The van der Waals surface area contributed by atoms with Crippen molar-refractivity contribution in [3.05, 3.63) is 17.5 Å². The summed E-state index contributed by atoms with van der Waals surface area (Å²) in [6, 6.07) is 1.75. The number of fused-ring (bicyclic) bond motifs is 1. The number of nitrogens with zero attached hydrogens (tertiary/aromatic N) is 3. The predicted molar refractivity (Wildman–Crippen MR) is 132 cm³/mol. The van der Waals surface area contributed by atoms with E-state index in [4.69, 9.17) is 33.2 Å². The Balaban J connectivity index is 1.47. The van der Waals surface area contributed by atoms with Crippen LogP contribution in [0.3, 0.4) is 0 Å². The second kappa shape index (κ2) is 12.4. The minimum Gasteiger partial charge on any atom is -0.461 e. The molecule has 0 saturated carbocycles. The van der Waals surface area contributed by atoms with Crippen LogP contribution in [-0.4, -0.2) is 43.9 Å². The molecule has 1 saturated heterocycles. The van der Waals surface area contributed by atoms with Crippen LogP contribution in [0.25, 0.3) is 11.0 Å². The van der Waals surface area contributed by atoms with E-state index >= 15 is 0 Å². The first-order valence-corrected chi connectivity index (χ1v) is 12.6. The smallest absolute Gasteiger partial charge is 0.305 e. The first-order chi connectivity index (χ1) is 16.4. The number of carbonyl (C=O) groups excluding carboxylic acids is 1. The highest BCUT2D eigenvalue weighted by atomic mass is 35.5. The highest BCUT2D eigenvalue weighted by Gasteiger charge is 2.49. The maximum atomic E-state index is 12.3. The summed E-state index contributed by atoms with van der Waals surface area (Å²) in [5, 5.41) is 11.3. The van der Waals surface area contributed by atoms with Crippen LogP contribution in [0.15, 0.2) is 12.3 Å². The second-order valence-electron chi connectivity index (χ2n) is 8.94. The molecule has 0 unspecified atom stereocenters. The van der Waals surface area contributed by atoms with Crippen molar-refractivity contribution >= 4 is 34.4 Å². The summed E-state index contributed by atoms with van der Waals surface area (Å²) in [6.07, 6.45) is 16.9. The SMILES string of the molecule is C#C[C@]1(COC(=O)CCCCCCCCCCC)O[C@@H](n2ccc3c(N)nc(Cl)nc32)C[C@@H]1O. The van der Waals surface area contributed by atoms with Crippen LogP contribution in [0.5, 0.6) is 0 Å². The first-order valence-electron chi connectivity index (χ1n) is 12.2. The number of halogens is 1. The number of rotatable bonds is 13. The number of ether oxygens (including phenoxy) is 2. The van der Waals surface area contributed by atoms with E-state index in [9.17, 15) is 9.90 Å². The van der Waals surface area contributed by atoms with E-state index in [0.717, 1.165) is 19.3 Å². The molecule has 1 fully saturated rings. The lowest BCUT2D eigenvalue weighted by Crippen LogP contribution is -2.43. The van der Waals surface area contributed by atoms with Gasteiger partial charge in [-0.3, -0.25) is 4.79 Å². The lowest BCUT2D eigenvalue weighted by atomic mass is 9.99. The Hall–Kier alpha value is -2.34. The number of carbonyl (C=O) groups is 1. The molecule has 2 aromatic rings. The number of hydrogen-bond donors (Lipinski definition) is 2. The Morgan fingerprint density at radius 2 is 1.97 bits per heavy atom. The van der Waals surface area contributed by atoms with Gasteiger partial charge in [0, 0.05) is 19.0 Å². The number of aromatic nitrogens is 3. The van der Waals surface area contributed by atoms with E-state index < -0.39 is 17.9 Å². The van der Waals surface area contributed by atoms with Gasteiger partial charge in [0.25, 0.3) is 0 Å². The Kier molecular flexibility index (Phi) is 9.57. The van der Waals surface area contributed by atoms with Gasteiger partial charge in [-0.15, -0.1) is 6.42 Å². The van der Waals surface area contributed by atoms with Crippen LogP contribution >= 0.6 is 11.6 Å². The molecule has 0 radical (unpaired) electrons. The molecule has 0 amide bonds. The number of aliphatic hydroxyl groups excluding tert-OH is 1. The lowest BCUT2D eigenvalue weighted by molar-refractivity contribution is -0.156. The molecule has 1 aliphatic rings. The maximum Gasteiger partial charge on any atom is 0.305 e. The summed E-state index contributed by atoms with van der Waals surface area (Å²) in [5.41, 5.74) is 4.96. The largest absolute Gasteiger partial charge is 0.461 e. The van der Waals surface area contributed by atoms with Crippen molar-refractivity contribution in [1.29, 1.82) is 0 Å². The molecule has 0 aliphatic carbocycles. The van der Waals surface area contributed by atoms with Gasteiger partial charge in [-0.25, -0.2) is 4.98 Å². The van der Waals surface area contributed by atoms with Crippen LogP contribution in [0.4, 0.5) is 5.82 Å². The summed E-state index contributed by atoms with van der Waals surface area (Å²) in [4.78, 5) is 20.4. The summed E-state index contributed by atoms with van der Waals surface area (Å²) < 4.78 is 13.2. The van der Waals surface area contributed by atoms with Gasteiger partial charge in [0.15, 0.2) is 5.60 Å². The fourth-order valence-electron chi connectivity index (χ4n) is 4.32. The molecule has 3 atom stereocenters. The highest BCUT2D eigenvalue weighted by Crippen LogP contribution is 2.39. The average Bonchev–Trinajstić information content (AvgIpc) is 3.38. The quantitative estimate of drug-likeness (QED) is 0.180. The zero-order valence-electron chi connectivity index (χ0n) is 19.8. The monoisotopic (exact) mass is 490 g/mol.